The molecule has 0 rings (SSSR count). The summed E-state index contributed by atoms with van der Waals surface area (Å²) in [6.07, 6.45) is 0. The Morgan fingerprint density at radius 1 is 0.304 bits per heavy atom. The van der Waals surface area contributed by atoms with Crippen LogP contribution in [0, 0.1) is 0 Å². The zero-order valence-electron chi connectivity index (χ0n) is 9.82. The van der Waals surface area contributed by atoms with E-state index in [1.54, 1.807) is 0 Å². The number of phosphoric acid groups is 4. The van der Waals surface area contributed by atoms with Crippen LogP contribution in [-0.2, 0) is 95.8 Å². The Balaban J connectivity index is -0.0000000284. The van der Waals surface area contributed by atoms with Gasteiger partial charge in [-0.1, -0.05) is 0 Å². The summed E-state index contributed by atoms with van der Waals surface area (Å²) in [7, 11) is -21.6. The smallest absolute Gasteiger partial charge is 0.822 e. The van der Waals surface area contributed by atoms with Gasteiger partial charge in [0.25, 0.3) is 0 Å². The second-order valence-corrected chi connectivity index (χ2v) is 5.37. The minimum atomic E-state index is -5.39. The molecular formula is Hf3O16P4. The summed E-state index contributed by atoms with van der Waals surface area (Å²) in [5, 5.41) is 0. The third kappa shape index (κ3) is 1430. The molecule has 0 aliphatic heterocycles. The molecule has 16 nitrogen and oxygen atoms in total. The summed E-state index contributed by atoms with van der Waals surface area (Å²) in [4.78, 5) is 103. The van der Waals surface area contributed by atoms with Crippen molar-refractivity contribution >= 4 is 31.3 Å². The van der Waals surface area contributed by atoms with Crippen LogP contribution in [0.25, 0.3) is 0 Å². The summed E-state index contributed by atoms with van der Waals surface area (Å²) in [5.41, 5.74) is 0. The van der Waals surface area contributed by atoms with Crippen molar-refractivity contribution in [2.24, 2.45) is 0 Å². The van der Waals surface area contributed by atoms with E-state index in [2.05, 4.69) is 0 Å². The molecule has 0 saturated carbocycles. The Bertz CT molecular complexity index is 292. The molecule has 0 radical (unpaired) electrons. The van der Waals surface area contributed by atoms with E-state index >= 15 is 0 Å². The molecule has 0 fully saturated rings. The van der Waals surface area contributed by atoms with E-state index in [1.807, 2.05) is 0 Å². The van der Waals surface area contributed by atoms with Gasteiger partial charge in [0.05, 0.1) is 0 Å². The average molecular weight is 915 g/mol. The molecule has 128 valence electrons. The zero-order chi connectivity index (χ0) is 18.0. The molecule has 0 aliphatic carbocycles. The molecule has 0 aromatic heterocycles. The monoisotopic (exact) mass is 920 g/mol. The van der Waals surface area contributed by atoms with E-state index < -0.39 is 31.3 Å². The standard InChI is InChI=1S/3Hf.4H3O4P/c;;;4*1-5(2,3)4/h;;;4*(H3,1,2,3,4)/q3*+4;;;;/p-12. The minimum absolute atomic E-state index is 0. The number of rotatable bonds is 0. The van der Waals surface area contributed by atoms with Crippen molar-refractivity contribution in [1.82, 2.24) is 0 Å². The molecule has 0 aromatic carbocycles. The quantitative estimate of drug-likeness (QED) is 0.161. The van der Waals surface area contributed by atoms with Crippen molar-refractivity contribution in [2.75, 3.05) is 0 Å². The fraction of sp³-hybridized carbons (Fsp3) is 0. The zero-order valence-corrected chi connectivity index (χ0v) is 24.2. The van der Waals surface area contributed by atoms with E-state index in [4.69, 9.17) is 77.0 Å². The average Bonchev–Trinajstić information content (AvgIpc) is 1.62. The predicted molar refractivity (Wildman–Crippen MR) is 30.4 cm³/mol. The third-order valence-electron chi connectivity index (χ3n) is 0. The molecule has 0 amide bonds. The van der Waals surface area contributed by atoms with Crippen molar-refractivity contribution in [3.8, 4) is 0 Å². The molecule has 0 aromatic rings. The first kappa shape index (κ1) is 45.0. The van der Waals surface area contributed by atoms with Gasteiger partial charge in [0, 0.05) is 0 Å². The maximum Gasteiger partial charge on any atom is 4.00 e. The van der Waals surface area contributed by atoms with Crippen molar-refractivity contribution in [1.29, 1.82) is 0 Å². The van der Waals surface area contributed by atoms with Crippen molar-refractivity contribution in [2.45, 2.75) is 0 Å². The Morgan fingerprint density at radius 3 is 0.304 bits per heavy atom. The molecule has 0 aliphatic rings. The molecule has 0 atom stereocenters. The molecule has 0 heterocycles. The van der Waals surface area contributed by atoms with Gasteiger partial charge in [-0.05, 0) is 0 Å². The van der Waals surface area contributed by atoms with Gasteiger partial charge < -0.3 is 77.0 Å². The van der Waals surface area contributed by atoms with Gasteiger partial charge in [0.1, 0.15) is 0 Å². The van der Waals surface area contributed by atoms with Gasteiger partial charge in [0.15, 0.2) is 0 Å². The Labute approximate surface area is 184 Å². The van der Waals surface area contributed by atoms with Gasteiger partial charge >= 0.3 is 77.5 Å². The van der Waals surface area contributed by atoms with Crippen LogP contribution >= 0.6 is 31.3 Å². The fourth-order valence-corrected chi connectivity index (χ4v) is 0. The van der Waals surface area contributed by atoms with Crippen LogP contribution < -0.4 is 58.7 Å². The van der Waals surface area contributed by atoms with Gasteiger partial charge in [-0.15, -0.1) is 0 Å². The maximum atomic E-state index is 8.55. The van der Waals surface area contributed by atoms with Gasteiger partial charge in [-0.2, -0.15) is 31.3 Å². The summed E-state index contributed by atoms with van der Waals surface area (Å²) in [6, 6.07) is 0. The first-order valence-electron chi connectivity index (χ1n) is 2.92. The maximum absolute atomic E-state index is 8.55. The second-order valence-electron chi connectivity index (χ2n) is 1.79. The number of hydrogen-bond acceptors (Lipinski definition) is 16. The van der Waals surface area contributed by atoms with Crippen LogP contribution in [0.15, 0.2) is 0 Å². The van der Waals surface area contributed by atoms with E-state index in [0.717, 1.165) is 0 Å². The molecule has 0 bridgehead atoms. The summed E-state index contributed by atoms with van der Waals surface area (Å²) in [6.45, 7) is 0. The van der Waals surface area contributed by atoms with Crippen molar-refractivity contribution in [3.63, 3.8) is 0 Å². The van der Waals surface area contributed by atoms with Crippen molar-refractivity contribution < 1.29 is 155 Å². The Morgan fingerprint density at radius 2 is 0.304 bits per heavy atom. The molecule has 23 heavy (non-hydrogen) atoms. The van der Waals surface area contributed by atoms with Crippen LogP contribution in [0.1, 0.15) is 0 Å². The van der Waals surface area contributed by atoms with Gasteiger partial charge in [-0.25, -0.2) is 0 Å². The van der Waals surface area contributed by atoms with Crippen LogP contribution in [0.3, 0.4) is 0 Å². The van der Waals surface area contributed by atoms with E-state index in [0.29, 0.717) is 0 Å². The molecule has 0 unspecified atom stereocenters. The second kappa shape index (κ2) is 19.8. The number of hydrogen-bond donors (Lipinski definition) is 0. The summed E-state index contributed by atoms with van der Waals surface area (Å²) < 4.78 is 34.2. The molecule has 23 heteroatoms. The van der Waals surface area contributed by atoms with Crippen LogP contribution in [0.4, 0.5) is 0 Å². The topological polar surface area (TPSA) is 345 Å². The van der Waals surface area contributed by atoms with E-state index in [1.165, 1.54) is 0 Å². The Kier molecular flexibility index (Phi) is 38.8. The first-order chi connectivity index (χ1) is 8.00. The van der Waals surface area contributed by atoms with Crippen molar-refractivity contribution in [3.05, 3.63) is 0 Å². The van der Waals surface area contributed by atoms with Gasteiger partial charge in [0.2, 0.25) is 0 Å². The normalized spacial score (nSPS) is 10.3. The van der Waals surface area contributed by atoms with Crippen LogP contribution in [-0.4, -0.2) is 0 Å². The molecule has 0 saturated heterocycles. The third-order valence-corrected chi connectivity index (χ3v) is 0. The SMILES string of the molecule is O=P([O-])([O-])[O-].O=P([O-])([O-])[O-].O=P([O-])([O-])[O-].O=P([O-])([O-])[O-].[Hf+4].[Hf+4].[Hf+4]. The Hall–Kier alpha value is 3.05. The fourth-order valence-electron chi connectivity index (χ4n) is 0. The first-order valence-corrected chi connectivity index (χ1v) is 8.76. The molecule has 0 spiro atoms. The summed E-state index contributed by atoms with van der Waals surface area (Å²) in [5.74, 6) is 0. The molecule has 0 N–H and O–H groups in total. The van der Waals surface area contributed by atoms with Crippen LogP contribution in [0.2, 0.25) is 0 Å². The predicted octanol–water partition coefficient (Wildman–Crippen LogP) is -11.3. The summed E-state index contributed by atoms with van der Waals surface area (Å²) >= 11 is 0. The van der Waals surface area contributed by atoms with Crippen LogP contribution in [0.5, 0.6) is 0 Å². The molecular weight excluding hydrogens is 915 g/mol. The van der Waals surface area contributed by atoms with E-state index in [-0.39, 0.29) is 77.5 Å². The minimum Gasteiger partial charge on any atom is -0.822 e. The van der Waals surface area contributed by atoms with Gasteiger partial charge in [-0.3, -0.25) is 0 Å². The van der Waals surface area contributed by atoms with E-state index in [9.17, 15) is 0 Å². The largest absolute Gasteiger partial charge is 4.00 e.